The molecule has 0 atom stereocenters. The molecule has 0 saturated carbocycles. The Balaban J connectivity index is 1.79. The molecule has 0 aromatic carbocycles. The third kappa shape index (κ3) is 3.17. The summed E-state index contributed by atoms with van der Waals surface area (Å²) in [6.07, 6.45) is 7.24. The predicted octanol–water partition coefficient (Wildman–Crippen LogP) is 0.921. The maximum absolute atomic E-state index is 11.8. The highest BCUT2D eigenvalue weighted by atomic mass is 16.1. The van der Waals surface area contributed by atoms with E-state index in [1.807, 2.05) is 13.2 Å². The number of carbonyl (C=O) groups excluding carboxylic acids is 1. The molecule has 0 aliphatic carbocycles. The molecule has 0 spiro atoms. The number of hydrogen-bond donors (Lipinski definition) is 1. The summed E-state index contributed by atoms with van der Waals surface area (Å²) >= 11 is 0. The zero-order valence-electron chi connectivity index (χ0n) is 9.78. The molecule has 1 aliphatic rings. The third-order valence-electron chi connectivity index (χ3n) is 3.13. The van der Waals surface area contributed by atoms with Crippen molar-refractivity contribution in [3.05, 3.63) is 18.0 Å². The summed E-state index contributed by atoms with van der Waals surface area (Å²) in [4.78, 5) is 11.8. The van der Waals surface area contributed by atoms with Gasteiger partial charge in [-0.2, -0.15) is 5.10 Å². The molecule has 1 saturated heterocycles. The van der Waals surface area contributed by atoms with Crippen LogP contribution in [0.4, 0.5) is 0 Å². The van der Waals surface area contributed by atoms with E-state index in [1.165, 1.54) is 0 Å². The van der Waals surface area contributed by atoms with Gasteiger partial charge in [0.2, 0.25) is 0 Å². The lowest BCUT2D eigenvalue weighted by atomic mass is 9.91. The van der Waals surface area contributed by atoms with Crippen molar-refractivity contribution in [2.24, 2.45) is 13.0 Å². The van der Waals surface area contributed by atoms with Crippen molar-refractivity contribution in [1.82, 2.24) is 15.1 Å². The van der Waals surface area contributed by atoms with Crippen molar-refractivity contribution < 1.29 is 4.79 Å². The van der Waals surface area contributed by atoms with Crippen molar-refractivity contribution >= 4 is 5.78 Å². The minimum Gasteiger partial charge on any atom is -0.317 e. The van der Waals surface area contributed by atoms with E-state index in [1.54, 1.807) is 10.9 Å². The van der Waals surface area contributed by atoms with Crippen LogP contribution in [0.5, 0.6) is 0 Å². The standard InChI is InChI=1S/C12H19N3O/c1-15-9-11(8-14-15)7-12(16)6-10-2-4-13-5-3-10/h8-10,13H,2-7H2,1H3. The van der Waals surface area contributed by atoms with Crippen molar-refractivity contribution in [3.8, 4) is 0 Å². The van der Waals surface area contributed by atoms with E-state index >= 15 is 0 Å². The Bertz CT molecular complexity index is 353. The summed E-state index contributed by atoms with van der Waals surface area (Å²) in [5, 5.41) is 7.39. The van der Waals surface area contributed by atoms with Gasteiger partial charge in [0, 0.05) is 26.1 Å². The summed E-state index contributed by atoms with van der Waals surface area (Å²) in [6.45, 7) is 2.12. The molecular formula is C12H19N3O. The lowest BCUT2D eigenvalue weighted by molar-refractivity contribution is -0.119. The van der Waals surface area contributed by atoms with Gasteiger partial charge < -0.3 is 5.32 Å². The SMILES string of the molecule is Cn1cc(CC(=O)CC2CCNCC2)cn1. The molecule has 1 aromatic rings. The summed E-state index contributed by atoms with van der Waals surface area (Å²) in [5.41, 5.74) is 1.03. The van der Waals surface area contributed by atoms with Crippen LogP contribution in [0.2, 0.25) is 0 Å². The number of carbonyl (C=O) groups is 1. The average molecular weight is 221 g/mol. The number of piperidine rings is 1. The highest BCUT2D eigenvalue weighted by Crippen LogP contribution is 2.17. The maximum Gasteiger partial charge on any atom is 0.137 e. The second-order valence-electron chi connectivity index (χ2n) is 4.64. The summed E-state index contributed by atoms with van der Waals surface area (Å²) in [6, 6.07) is 0. The second-order valence-corrected chi connectivity index (χ2v) is 4.64. The van der Waals surface area contributed by atoms with Crippen molar-refractivity contribution in [2.45, 2.75) is 25.7 Å². The molecule has 2 heterocycles. The molecule has 88 valence electrons. The molecule has 4 nitrogen and oxygen atoms in total. The Morgan fingerprint density at radius 2 is 2.31 bits per heavy atom. The highest BCUT2D eigenvalue weighted by molar-refractivity contribution is 5.80. The Kier molecular flexibility index (Phi) is 3.72. The molecule has 0 unspecified atom stereocenters. The first kappa shape index (κ1) is 11.3. The van der Waals surface area contributed by atoms with Gasteiger partial charge in [-0.1, -0.05) is 0 Å². The molecule has 16 heavy (non-hydrogen) atoms. The quantitative estimate of drug-likeness (QED) is 0.822. The van der Waals surface area contributed by atoms with E-state index in [4.69, 9.17) is 0 Å². The first-order chi connectivity index (χ1) is 7.74. The van der Waals surface area contributed by atoms with Crippen molar-refractivity contribution in [1.29, 1.82) is 0 Å². The van der Waals surface area contributed by atoms with E-state index in [0.717, 1.165) is 37.9 Å². The van der Waals surface area contributed by atoms with Crippen molar-refractivity contribution in [3.63, 3.8) is 0 Å². The molecule has 0 radical (unpaired) electrons. The predicted molar refractivity (Wildman–Crippen MR) is 62.1 cm³/mol. The normalized spacial score (nSPS) is 17.6. The Labute approximate surface area is 96.0 Å². The Hall–Kier alpha value is -1.16. The van der Waals surface area contributed by atoms with E-state index < -0.39 is 0 Å². The number of hydrogen-bond acceptors (Lipinski definition) is 3. The fraction of sp³-hybridized carbons (Fsp3) is 0.667. The van der Waals surface area contributed by atoms with Crippen LogP contribution < -0.4 is 5.32 Å². The Morgan fingerprint density at radius 3 is 2.94 bits per heavy atom. The summed E-state index contributed by atoms with van der Waals surface area (Å²) in [7, 11) is 1.88. The van der Waals surface area contributed by atoms with Gasteiger partial charge in [-0.3, -0.25) is 9.48 Å². The lowest BCUT2D eigenvalue weighted by Crippen LogP contribution is -2.29. The first-order valence-corrected chi connectivity index (χ1v) is 5.94. The van der Waals surface area contributed by atoms with Gasteiger partial charge in [0.15, 0.2) is 0 Å². The fourth-order valence-corrected chi connectivity index (χ4v) is 2.27. The van der Waals surface area contributed by atoms with Crippen LogP contribution >= 0.6 is 0 Å². The number of aryl methyl sites for hydroxylation is 1. The number of nitrogens with zero attached hydrogens (tertiary/aromatic N) is 2. The zero-order valence-corrected chi connectivity index (χ0v) is 9.78. The second kappa shape index (κ2) is 5.25. The minimum atomic E-state index is 0.347. The highest BCUT2D eigenvalue weighted by Gasteiger charge is 2.17. The van der Waals surface area contributed by atoms with E-state index in [-0.39, 0.29) is 0 Å². The van der Waals surface area contributed by atoms with E-state index in [9.17, 15) is 4.79 Å². The fourth-order valence-electron chi connectivity index (χ4n) is 2.27. The molecule has 1 aliphatic heterocycles. The topological polar surface area (TPSA) is 46.9 Å². The number of aromatic nitrogens is 2. The van der Waals surface area contributed by atoms with Crippen LogP contribution in [0.25, 0.3) is 0 Å². The van der Waals surface area contributed by atoms with E-state index in [2.05, 4.69) is 10.4 Å². The monoisotopic (exact) mass is 221 g/mol. The molecule has 1 aromatic heterocycles. The molecule has 1 N–H and O–H groups in total. The van der Waals surface area contributed by atoms with Crippen molar-refractivity contribution in [2.75, 3.05) is 13.1 Å². The number of Topliss-reactive ketones (excluding diaryl/α,β-unsaturated/α-hetero) is 1. The molecule has 4 heteroatoms. The smallest absolute Gasteiger partial charge is 0.137 e. The Morgan fingerprint density at radius 1 is 1.56 bits per heavy atom. The van der Waals surface area contributed by atoms with Gasteiger partial charge in [0.05, 0.1) is 6.20 Å². The molecule has 2 rings (SSSR count). The van der Waals surface area contributed by atoms with E-state index in [0.29, 0.717) is 18.1 Å². The lowest BCUT2D eigenvalue weighted by Gasteiger charge is -2.21. The molecule has 1 fully saturated rings. The van der Waals surface area contributed by atoms with Crippen LogP contribution in [-0.2, 0) is 18.3 Å². The van der Waals surface area contributed by atoms with Crippen LogP contribution in [0.15, 0.2) is 12.4 Å². The first-order valence-electron chi connectivity index (χ1n) is 5.94. The van der Waals surface area contributed by atoms with Gasteiger partial charge >= 0.3 is 0 Å². The number of ketones is 1. The van der Waals surface area contributed by atoms with Crippen LogP contribution in [0.1, 0.15) is 24.8 Å². The molecule has 0 bridgehead atoms. The van der Waals surface area contributed by atoms with Crippen LogP contribution in [0.3, 0.4) is 0 Å². The van der Waals surface area contributed by atoms with Gasteiger partial charge in [-0.15, -0.1) is 0 Å². The van der Waals surface area contributed by atoms with Gasteiger partial charge in [0.25, 0.3) is 0 Å². The largest absolute Gasteiger partial charge is 0.317 e. The summed E-state index contributed by atoms with van der Waals surface area (Å²) < 4.78 is 1.74. The number of nitrogens with one attached hydrogen (secondary N) is 1. The summed E-state index contributed by atoms with van der Waals surface area (Å²) in [5.74, 6) is 0.935. The number of rotatable bonds is 4. The third-order valence-corrected chi connectivity index (χ3v) is 3.13. The van der Waals surface area contributed by atoms with Crippen LogP contribution in [0, 0.1) is 5.92 Å². The van der Waals surface area contributed by atoms with Gasteiger partial charge in [0.1, 0.15) is 5.78 Å². The molecular weight excluding hydrogens is 202 g/mol. The average Bonchev–Trinajstić information content (AvgIpc) is 2.65. The molecule has 0 amide bonds. The maximum atomic E-state index is 11.8. The zero-order chi connectivity index (χ0) is 11.4. The van der Waals surface area contributed by atoms with Gasteiger partial charge in [-0.25, -0.2) is 0 Å². The van der Waals surface area contributed by atoms with Crippen LogP contribution in [-0.4, -0.2) is 28.7 Å². The van der Waals surface area contributed by atoms with Gasteiger partial charge in [-0.05, 0) is 37.4 Å². The minimum absolute atomic E-state index is 0.347.